The average molecular weight is 505 g/mol. The number of nitrogens with zero attached hydrogens (tertiary/aromatic N) is 1. The van der Waals surface area contributed by atoms with Crippen LogP contribution in [0.25, 0.3) is 10.8 Å². The lowest BCUT2D eigenvalue weighted by molar-refractivity contribution is -0.116. The first-order chi connectivity index (χ1) is 16.7. The topological polar surface area (TPSA) is 51.1 Å². The average Bonchev–Trinajstić information content (AvgIpc) is 3.64. The van der Waals surface area contributed by atoms with Gasteiger partial charge in [0.05, 0.1) is 5.03 Å². The first kappa shape index (κ1) is 21.0. The van der Waals surface area contributed by atoms with Crippen molar-refractivity contribution in [3.63, 3.8) is 0 Å². The maximum Gasteiger partial charge on any atom is 0.308 e. The van der Waals surface area contributed by atoms with Crippen LogP contribution >= 0.6 is 34.4 Å². The van der Waals surface area contributed by atoms with Gasteiger partial charge in [-0.3, -0.25) is 14.2 Å². The third-order valence-corrected chi connectivity index (χ3v) is 11.7. The molecule has 2 saturated carbocycles. The molecule has 1 N–H and O–H groups in total. The van der Waals surface area contributed by atoms with Crippen LogP contribution < -0.4 is 10.2 Å². The molecule has 5 atom stereocenters. The van der Waals surface area contributed by atoms with Crippen LogP contribution in [-0.2, 0) is 11.3 Å². The highest BCUT2D eigenvalue weighted by molar-refractivity contribution is 8.00. The summed E-state index contributed by atoms with van der Waals surface area (Å²) in [6.07, 6.45) is 3.96. The minimum absolute atomic E-state index is 0.0139. The Morgan fingerprint density at radius 1 is 1.03 bits per heavy atom. The van der Waals surface area contributed by atoms with Gasteiger partial charge < -0.3 is 5.32 Å². The molecule has 2 aromatic carbocycles. The molecule has 0 saturated heterocycles. The predicted molar refractivity (Wildman–Crippen MR) is 141 cm³/mol. The van der Waals surface area contributed by atoms with E-state index >= 15 is 0 Å². The molecule has 4 aromatic rings. The number of rotatable bonds is 4. The lowest BCUT2D eigenvalue weighted by atomic mass is 9.77. The van der Waals surface area contributed by atoms with Crippen LogP contribution in [0.1, 0.15) is 34.9 Å². The number of hydrogen-bond acceptors (Lipinski definition) is 5. The van der Waals surface area contributed by atoms with E-state index in [1.165, 1.54) is 40.4 Å². The number of benzene rings is 2. The highest BCUT2D eigenvalue weighted by atomic mass is 32.2. The fourth-order valence-electron chi connectivity index (χ4n) is 6.49. The van der Waals surface area contributed by atoms with Gasteiger partial charge >= 0.3 is 4.87 Å². The molecular weight excluding hydrogens is 481 g/mol. The van der Waals surface area contributed by atoms with Crippen LogP contribution in [0.15, 0.2) is 69.8 Å². The van der Waals surface area contributed by atoms with E-state index < -0.39 is 0 Å². The van der Waals surface area contributed by atoms with Crippen molar-refractivity contribution in [3.05, 3.63) is 79.4 Å². The summed E-state index contributed by atoms with van der Waals surface area (Å²) in [5.41, 5.74) is 0.762. The third kappa shape index (κ3) is 3.32. The van der Waals surface area contributed by atoms with Gasteiger partial charge in [0.15, 0.2) is 0 Å². The normalized spacial score (nSPS) is 27.0. The molecule has 34 heavy (non-hydrogen) atoms. The largest absolute Gasteiger partial charge is 0.325 e. The Morgan fingerprint density at radius 3 is 2.74 bits per heavy atom. The van der Waals surface area contributed by atoms with Gasteiger partial charge in [0.2, 0.25) is 5.91 Å². The maximum absolute atomic E-state index is 13.2. The molecule has 2 bridgehead atoms. The summed E-state index contributed by atoms with van der Waals surface area (Å²) in [4.78, 5) is 28.8. The van der Waals surface area contributed by atoms with E-state index in [4.69, 9.17) is 0 Å². The second-order valence-electron chi connectivity index (χ2n) is 9.72. The molecule has 1 aliphatic heterocycles. The van der Waals surface area contributed by atoms with E-state index in [9.17, 15) is 9.59 Å². The number of carbonyl (C=O) groups excluding carboxylic acids is 1. The summed E-state index contributed by atoms with van der Waals surface area (Å²) in [6, 6.07) is 18.4. The van der Waals surface area contributed by atoms with Crippen molar-refractivity contribution in [2.24, 2.45) is 17.8 Å². The second kappa shape index (κ2) is 8.11. The van der Waals surface area contributed by atoms with Gasteiger partial charge in [0, 0.05) is 26.6 Å². The minimum atomic E-state index is -0.152. The molecule has 1 amide bonds. The molecule has 2 aromatic heterocycles. The molecule has 5 unspecified atom stereocenters. The number of nitrogens with one attached hydrogen (secondary N) is 1. The third-order valence-electron chi connectivity index (χ3n) is 7.88. The fraction of sp³-hybridized carbons (Fsp3) is 0.333. The zero-order valence-corrected chi connectivity index (χ0v) is 20.9. The number of aromatic nitrogens is 1. The first-order valence-electron chi connectivity index (χ1n) is 11.9. The van der Waals surface area contributed by atoms with Crippen LogP contribution in [0.5, 0.6) is 0 Å². The zero-order valence-electron chi connectivity index (χ0n) is 18.5. The highest BCUT2D eigenvalue weighted by Crippen LogP contribution is 2.64. The van der Waals surface area contributed by atoms with Crippen LogP contribution in [0, 0.1) is 17.8 Å². The second-order valence-corrected chi connectivity index (χ2v) is 12.9. The Balaban J connectivity index is 1.21. The summed E-state index contributed by atoms with van der Waals surface area (Å²) in [6.45, 7) is 0.0626. The SMILES string of the molecule is O=C(Cn1c2c(sc1=O)C(c1cccs1)C1C3CCC(C3)C1S2)Nc1ccc2ccccc2c1. The van der Waals surface area contributed by atoms with Crippen molar-refractivity contribution in [1.29, 1.82) is 0 Å². The monoisotopic (exact) mass is 504 g/mol. The smallest absolute Gasteiger partial charge is 0.308 e. The standard InChI is InChI=1S/C27H24N2O2S3/c30-21(28-19-10-9-15-4-1-2-5-16(15)13-19)14-29-26-25(34-27(29)31)23(20-6-3-11-32-20)22-17-7-8-18(12-17)24(22)33-26/h1-6,9-11,13,17-18,22-24H,7-8,12,14H2,(H,28,30). The molecule has 2 fully saturated rings. The number of fused-ring (bicyclic) bond motifs is 7. The van der Waals surface area contributed by atoms with Crippen molar-refractivity contribution in [3.8, 4) is 0 Å². The number of amides is 1. The van der Waals surface area contributed by atoms with Crippen molar-refractivity contribution < 1.29 is 4.79 Å². The van der Waals surface area contributed by atoms with Crippen LogP contribution in [0.4, 0.5) is 5.69 Å². The van der Waals surface area contributed by atoms with Crippen molar-refractivity contribution in [2.75, 3.05) is 5.32 Å². The van der Waals surface area contributed by atoms with Crippen molar-refractivity contribution in [1.82, 2.24) is 4.57 Å². The lowest BCUT2D eigenvalue weighted by Crippen LogP contribution is -2.34. The van der Waals surface area contributed by atoms with Crippen molar-refractivity contribution in [2.45, 2.75) is 42.0 Å². The van der Waals surface area contributed by atoms with Gasteiger partial charge in [-0.15, -0.1) is 23.1 Å². The number of anilines is 1. The molecule has 0 spiro atoms. The first-order valence-corrected chi connectivity index (χ1v) is 14.5. The van der Waals surface area contributed by atoms with Gasteiger partial charge in [-0.05, 0) is 71.4 Å². The predicted octanol–water partition coefficient (Wildman–Crippen LogP) is 6.42. The van der Waals surface area contributed by atoms with E-state index in [-0.39, 0.29) is 17.3 Å². The summed E-state index contributed by atoms with van der Waals surface area (Å²) in [7, 11) is 0. The lowest BCUT2D eigenvalue weighted by Gasteiger charge is -2.40. The van der Waals surface area contributed by atoms with Crippen LogP contribution in [0.3, 0.4) is 0 Å². The Kier molecular flexibility index (Phi) is 5.00. The summed E-state index contributed by atoms with van der Waals surface area (Å²) in [5.74, 6) is 2.28. The van der Waals surface area contributed by atoms with Crippen LogP contribution in [-0.4, -0.2) is 15.7 Å². The molecule has 0 radical (unpaired) electrons. The Labute approximate surface area is 210 Å². The molecular formula is C27H24N2O2S3. The van der Waals surface area contributed by atoms with Gasteiger partial charge in [-0.2, -0.15) is 0 Å². The van der Waals surface area contributed by atoms with Gasteiger partial charge in [0.25, 0.3) is 0 Å². The van der Waals surface area contributed by atoms with E-state index in [0.29, 0.717) is 17.1 Å². The van der Waals surface area contributed by atoms with Crippen molar-refractivity contribution >= 4 is 56.8 Å². The van der Waals surface area contributed by atoms with E-state index in [1.54, 1.807) is 4.57 Å². The Hall–Kier alpha value is -2.35. The fourth-order valence-corrected chi connectivity index (χ4v) is 10.6. The Morgan fingerprint density at radius 2 is 1.88 bits per heavy atom. The van der Waals surface area contributed by atoms with E-state index in [2.05, 4.69) is 28.9 Å². The summed E-state index contributed by atoms with van der Waals surface area (Å²) in [5, 5.41) is 8.99. The van der Waals surface area contributed by atoms with Gasteiger partial charge in [-0.25, -0.2) is 0 Å². The van der Waals surface area contributed by atoms with Gasteiger partial charge in [-0.1, -0.05) is 47.7 Å². The summed E-state index contributed by atoms with van der Waals surface area (Å²) < 4.78 is 1.74. The molecule has 7 heteroatoms. The highest BCUT2D eigenvalue weighted by Gasteiger charge is 2.55. The number of carbonyl (C=O) groups is 1. The molecule has 4 nitrogen and oxygen atoms in total. The van der Waals surface area contributed by atoms with Gasteiger partial charge in [0.1, 0.15) is 6.54 Å². The quantitative estimate of drug-likeness (QED) is 0.349. The number of thiazole rings is 1. The Bertz CT molecular complexity index is 1450. The van der Waals surface area contributed by atoms with E-state index in [0.717, 1.165) is 33.3 Å². The minimum Gasteiger partial charge on any atom is -0.325 e. The molecule has 7 rings (SSSR count). The molecule has 3 heterocycles. The molecule has 2 aliphatic carbocycles. The number of hydrogen-bond donors (Lipinski definition) is 1. The van der Waals surface area contributed by atoms with E-state index in [1.807, 2.05) is 59.5 Å². The molecule has 3 aliphatic rings. The number of thiophene rings is 1. The summed E-state index contributed by atoms with van der Waals surface area (Å²) >= 11 is 5.06. The molecule has 172 valence electrons. The number of thioether (sulfide) groups is 1. The van der Waals surface area contributed by atoms with Crippen LogP contribution in [0.2, 0.25) is 0 Å². The maximum atomic E-state index is 13.2. The zero-order chi connectivity index (χ0) is 22.8.